The summed E-state index contributed by atoms with van der Waals surface area (Å²) >= 11 is 0. The van der Waals surface area contributed by atoms with Crippen molar-refractivity contribution in [3.63, 3.8) is 0 Å². The lowest BCUT2D eigenvalue weighted by Gasteiger charge is -2.12. The largest absolute Gasteiger partial charge is 0.507 e. The lowest BCUT2D eigenvalue weighted by atomic mass is 10.0. The van der Waals surface area contributed by atoms with Gasteiger partial charge in [0.15, 0.2) is 0 Å². The molecule has 0 unspecified atom stereocenters. The number of carbonyl (C=O) groups is 1. The van der Waals surface area contributed by atoms with Crippen LogP contribution in [0, 0.1) is 6.92 Å². The number of nitrogens with one attached hydrogen (secondary N) is 1. The minimum atomic E-state index is -0.391. The highest BCUT2D eigenvalue weighted by Crippen LogP contribution is 2.28. The molecule has 0 atom stereocenters. The zero-order chi connectivity index (χ0) is 23.9. The molecule has 0 heterocycles. The number of benzene rings is 4. The number of para-hydroxylation sites is 1. The van der Waals surface area contributed by atoms with Crippen molar-refractivity contribution in [1.82, 2.24) is 0 Å². The molecule has 0 fully saturated rings. The summed E-state index contributed by atoms with van der Waals surface area (Å²) in [5.74, 6) is 1.01. The Morgan fingerprint density at radius 3 is 2.44 bits per heavy atom. The molecule has 172 valence electrons. The number of phenols is 1. The Kier molecular flexibility index (Phi) is 7.13. The van der Waals surface area contributed by atoms with Gasteiger partial charge in [0, 0.05) is 18.2 Å². The molecule has 0 aromatic heterocycles. The first-order chi connectivity index (χ1) is 16.5. The molecule has 2 N–H and O–H groups in total. The van der Waals surface area contributed by atoms with Crippen LogP contribution in [0.5, 0.6) is 17.2 Å². The summed E-state index contributed by atoms with van der Waals surface area (Å²) in [5, 5.41) is 13.2. The topological polar surface area (TPSA) is 67.8 Å². The van der Waals surface area contributed by atoms with E-state index in [1.807, 2.05) is 67.6 Å². The maximum atomic E-state index is 12.9. The maximum Gasteiger partial charge on any atom is 0.259 e. The van der Waals surface area contributed by atoms with Crippen LogP contribution in [-0.4, -0.2) is 24.7 Å². The van der Waals surface area contributed by atoms with Crippen LogP contribution in [0.1, 0.15) is 21.5 Å². The fourth-order valence-corrected chi connectivity index (χ4v) is 3.69. The van der Waals surface area contributed by atoms with Gasteiger partial charge in [-0.2, -0.15) is 0 Å². The van der Waals surface area contributed by atoms with Gasteiger partial charge >= 0.3 is 0 Å². The molecule has 5 nitrogen and oxygen atoms in total. The highest BCUT2D eigenvalue weighted by molar-refractivity contribution is 6.07. The van der Waals surface area contributed by atoms with Crippen LogP contribution in [0.3, 0.4) is 0 Å². The molecule has 0 bridgehead atoms. The molecule has 0 radical (unpaired) electrons. The van der Waals surface area contributed by atoms with E-state index >= 15 is 0 Å². The zero-order valence-corrected chi connectivity index (χ0v) is 19.2. The van der Waals surface area contributed by atoms with Gasteiger partial charge in [-0.25, -0.2) is 0 Å². The van der Waals surface area contributed by atoms with Gasteiger partial charge < -0.3 is 19.9 Å². The summed E-state index contributed by atoms with van der Waals surface area (Å²) in [6, 6.07) is 28.1. The highest BCUT2D eigenvalue weighted by atomic mass is 16.5. The van der Waals surface area contributed by atoms with Crippen molar-refractivity contribution in [3.8, 4) is 28.4 Å². The summed E-state index contributed by atoms with van der Waals surface area (Å²) in [6.45, 7) is 2.49. The summed E-state index contributed by atoms with van der Waals surface area (Å²) in [5.41, 5.74) is 4.85. The normalized spacial score (nSPS) is 10.5. The molecule has 34 heavy (non-hydrogen) atoms. The Morgan fingerprint density at radius 2 is 1.65 bits per heavy atom. The Morgan fingerprint density at radius 1 is 0.882 bits per heavy atom. The number of hydrogen-bond donors (Lipinski definition) is 2. The fraction of sp³-hybridized carbons (Fsp3) is 0.138. The fourth-order valence-electron chi connectivity index (χ4n) is 3.69. The number of carbonyl (C=O) groups excluding carboxylic acids is 1. The van der Waals surface area contributed by atoms with Crippen molar-refractivity contribution in [2.45, 2.75) is 13.3 Å². The van der Waals surface area contributed by atoms with Crippen LogP contribution in [0.4, 0.5) is 5.69 Å². The Labute approximate surface area is 199 Å². The third kappa shape index (κ3) is 5.56. The standard InChI is InChI=1S/C29H27NO4/c1-20-10-12-21(13-11-20)23-14-15-27(31)26(18-23)29(32)30-24-7-5-8-25(19-24)34-17-16-22-6-3-4-9-28(22)33-2/h3-15,18-19,31H,16-17H2,1-2H3,(H,30,32). The van der Waals surface area contributed by atoms with Gasteiger partial charge in [-0.15, -0.1) is 0 Å². The molecule has 4 aromatic rings. The number of amides is 1. The summed E-state index contributed by atoms with van der Waals surface area (Å²) in [6.07, 6.45) is 0.695. The third-order valence-corrected chi connectivity index (χ3v) is 5.55. The molecule has 4 aromatic carbocycles. The average Bonchev–Trinajstić information content (AvgIpc) is 2.85. The molecule has 5 heteroatoms. The average molecular weight is 454 g/mol. The van der Waals surface area contributed by atoms with Crippen LogP contribution >= 0.6 is 0 Å². The van der Waals surface area contributed by atoms with Crippen molar-refractivity contribution in [1.29, 1.82) is 0 Å². The van der Waals surface area contributed by atoms with E-state index in [1.54, 1.807) is 37.4 Å². The van der Waals surface area contributed by atoms with Gasteiger partial charge in [0.05, 0.1) is 19.3 Å². The highest BCUT2D eigenvalue weighted by Gasteiger charge is 2.14. The Balaban J connectivity index is 1.43. The molecular formula is C29H27NO4. The zero-order valence-electron chi connectivity index (χ0n) is 19.2. The van der Waals surface area contributed by atoms with Crippen molar-refractivity contribution >= 4 is 11.6 Å². The van der Waals surface area contributed by atoms with Crippen molar-refractivity contribution in [2.24, 2.45) is 0 Å². The van der Waals surface area contributed by atoms with Crippen LogP contribution in [0.25, 0.3) is 11.1 Å². The van der Waals surface area contributed by atoms with Crippen molar-refractivity contribution in [3.05, 3.63) is 108 Å². The van der Waals surface area contributed by atoms with E-state index in [0.29, 0.717) is 24.5 Å². The predicted molar refractivity (Wildman–Crippen MR) is 135 cm³/mol. The SMILES string of the molecule is COc1ccccc1CCOc1cccc(NC(=O)c2cc(-c3ccc(C)cc3)ccc2O)c1. The second kappa shape index (κ2) is 10.6. The number of ether oxygens (including phenoxy) is 2. The van der Waals surface area contributed by atoms with Crippen LogP contribution in [0.2, 0.25) is 0 Å². The number of hydrogen-bond acceptors (Lipinski definition) is 4. The first-order valence-corrected chi connectivity index (χ1v) is 11.1. The summed E-state index contributed by atoms with van der Waals surface area (Å²) < 4.78 is 11.3. The molecule has 0 spiro atoms. The van der Waals surface area contributed by atoms with Gasteiger partial charge in [-0.05, 0) is 53.9 Å². The molecule has 0 saturated heterocycles. The van der Waals surface area contributed by atoms with Crippen molar-refractivity contribution in [2.75, 3.05) is 19.0 Å². The van der Waals surface area contributed by atoms with E-state index in [9.17, 15) is 9.90 Å². The molecule has 0 aliphatic carbocycles. The van der Waals surface area contributed by atoms with Crippen molar-refractivity contribution < 1.29 is 19.4 Å². The molecule has 0 saturated carbocycles. The van der Waals surface area contributed by atoms with E-state index < -0.39 is 5.91 Å². The number of rotatable bonds is 8. The summed E-state index contributed by atoms with van der Waals surface area (Å²) in [7, 11) is 1.65. The molecule has 1 amide bonds. The smallest absolute Gasteiger partial charge is 0.259 e. The third-order valence-electron chi connectivity index (χ3n) is 5.55. The Hall–Kier alpha value is -4.25. The van der Waals surface area contributed by atoms with Crippen LogP contribution < -0.4 is 14.8 Å². The quantitative estimate of drug-likeness (QED) is 0.331. The van der Waals surface area contributed by atoms with Gasteiger partial charge in [-0.1, -0.05) is 60.2 Å². The minimum absolute atomic E-state index is 0.0717. The molecular weight excluding hydrogens is 426 g/mol. The first kappa shape index (κ1) is 22.9. The second-order valence-electron chi connectivity index (χ2n) is 7.99. The van der Waals surface area contributed by atoms with Gasteiger partial charge in [0.1, 0.15) is 17.2 Å². The molecule has 0 aliphatic heterocycles. The van der Waals surface area contributed by atoms with Crippen LogP contribution in [-0.2, 0) is 6.42 Å². The lowest BCUT2D eigenvalue weighted by Crippen LogP contribution is -2.12. The van der Waals surface area contributed by atoms with E-state index in [0.717, 1.165) is 28.0 Å². The van der Waals surface area contributed by atoms with Gasteiger partial charge in [0.2, 0.25) is 0 Å². The van der Waals surface area contributed by atoms with Gasteiger partial charge in [0.25, 0.3) is 5.91 Å². The minimum Gasteiger partial charge on any atom is -0.507 e. The summed E-state index contributed by atoms with van der Waals surface area (Å²) in [4.78, 5) is 12.9. The number of methoxy groups -OCH3 is 1. The Bertz CT molecular complexity index is 1280. The van der Waals surface area contributed by atoms with E-state index in [1.165, 1.54) is 0 Å². The number of phenolic OH excluding ortho intramolecular Hbond substituents is 1. The van der Waals surface area contributed by atoms with Crippen LogP contribution in [0.15, 0.2) is 91.0 Å². The monoisotopic (exact) mass is 453 g/mol. The maximum absolute atomic E-state index is 12.9. The van der Waals surface area contributed by atoms with E-state index in [4.69, 9.17) is 9.47 Å². The van der Waals surface area contributed by atoms with E-state index in [-0.39, 0.29) is 11.3 Å². The number of anilines is 1. The number of aryl methyl sites for hydroxylation is 1. The van der Waals surface area contributed by atoms with E-state index in [2.05, 4.69) is 5.32 Å². The predicted octanol–water partition coefficient (Wildman–Crippen LogP) is 6.25. The lowest BCUT2D eigenvalue weighted by molar-refractivity contribution is 0.102. The molecule has 4 rings (SSSR count). The molecule has 0 aliphatic rings. The first-order valence-electron chi connectivity index (χ1n) is 11.1. The number of aromatic hydroxyl groups is 1. The van der Waals surface area contributed by atoms with Gasteiger partial charge in [-0.3, -0.25) is 4.79 Å². The second-order valence-corrected chi connectivity index (χ2v) is 7.99.